The summed E-state index contributed by atoms with van der Waals surface area (Å²) in [5.74, 6) is 1.37. The maximum absolute atomic E-state index is 10.8. The zero-order valence-electron chi connectivity index (χ0n) is 10.1. The number of benzene rings is 1. The predicted molar refractivity (Wildman–Crippen MR) is 71.1 cm³/mol. The van der Waals surface area contributed by atoms with Crippen LogP contribution in [0.3, 0.4) is 0 Å². The highest BCUT2D eigenvalue weighted by Crippen LogP contribution is 2.39. The van der Waals surface area contributed by atoms with Crippen molar-refractivity contribution in [3.8, 4) is 11.4 Å². The van der Waals surface area contributed by atoms with Gasteiger partial charge in [0, 0.05) is 5.56 Å². The SMILES string of the molecule is O=C(O)c1ccc(-c2noc(C3CCCS3)n2)cc1. The molecular weight excluding hydrogens is 264 g/mol. The molecule has 1 atom stereocenters. The Morgan fingerprint density at radius 2 is 2.16 bits per heavy atom. The first-order valence-corrected chi connectivity index (χ1v) is 7.08. The normalized spacial score (nSPS) is 18.6. The number of carbonyl (C=O) groups is 1. The molecule has 1 aromatic heterocycles. The Hall–Kier alpha value is -1.82. The summed E-state index contributed by atoms with van der Waals surface area (Å²) >= 11 is 1.84. The van der Waals surface area contributed by atoms with Gasteiger partial charge in [0.1, 0.15) is 0 Å². The highest BCUT2D eigenvalue weighted by molar-refractivity contribution is 7.99. The van der Waals surface area contributed by atoms with Crippen LogP contribution in [0.5, 0.6) is 0 Å². The van der Waals surface area contributed by atoms with Gasteiger partial charge >= 0.3 is 5.97 Å². The molecule has 5 nitrogen and oxygen atoms in total. The molecule has 19 heavy (non-hydrogen) atoms. The van der Waals surface area contributed by atoms with Crippen LogP contribution in [0.4, 0.5) is 0 Å². The van der Waals surface area contributed by atoms with Gasteiger partial charge in [-0.15, -0.1) is 11.8 Å². The van der Waals surface area contributed by atoms with E-state index >= 15 is 0 Å². The van der Waals surface area contributed by atoms with Crippen LogP contribution in [-0.2, 0) is 0 Å². The van der Waals surface area contributed by atoms with Gasteiger partial charge in [0.2, 0.25) is 11.7 Å². The second-order valence-electron chi connectivity index (χ2n) is 4.34. The van der Waals surface area contributed by atoms with Gasteiger partial charge in [0.15, 0.2) is 0 Å². The van der Waals surface area contributed by atoms with Crippen LogP contribution >= 0.6 is 11.8 Å². The first-order valence-electron chi connectivity index (χ1n) is 6.03. The lowest BCUT2D eigenvalue weighted by molar-refractivity contribution is 0.0697. The van der Waals surface area contributed by atoms with E-state index in [0.29, 0.717) is 17.0 Å². The van der Waals surface area contributed by atoms with E-state index in [2.05, 4.69) is 10.1 Å². The van der Waals surface area contributed by atoms with Crippen LogP contribution in [0.2, 0.25) is 0 Å². The molecule has 0 saturated carbocycles. The lowest BCUT2D eigenvalue weighted by Gasteiger charge is -1.99. The molecule has 0 amide bonds. The number of aromatic nitrogens is 2. The average Bonchev–Trinajstić information content (AvgIpc) is 3.10. The van der Waals surface area contributed by atoms with Crippen molar-refractivity contribution in [3.05, 3.63) is 35.7 Å². The first kappa shape index (κ1) is 12.2. The summed E-state index contributed by atoms with van der Waals surface area (Å²) in [7, 11) is 0. The molecule has 1 aliphatic heterocycles. The Labute approximate surface area is 114 Å². The van der Waals surface area contributed by atoms with E-state index in [1.54, 1.807) is 12.1 Å². The van der Waals surface area contributed by atoms with E-state index in [-0.39, 0.29) is 5.56 Å². The molecule has 1 saturated heterocycles. The van der Waals surface area contributed by atoms with Crippen molar-refractivity contribution in [3.63, 3.8) is 0 Å². The number of aromatic carboxylic acids is 1. The lowest BCUT2D eigenvalue weighted by atomic mass is 10.1. The van der Waals surface area contributed by atoms with Crippen molar-refractivity contribution in [2.45, 2.75) is 18.1 Å². The summed E-state index contributed by atoms with van der Waals surface area (Å²) < 4.78 is 5.28. The number of hydrogen-bond donors (Lipinski definition) is 1. The molecular formula is C13H12N2O3S. The quantitative estimate of drug-likeness (QED) is 0.928. The molecule has 1 N–H and O–H groups in total. The zero-order valence-corrected chi connectivity index (χ0v) is 10.9. The minimum Gasteiger partial charge on any atom is -0.478 e. The summed E-state index contributed by atoms with van der Waals surface area (Å²) in [5, 5.41) is 13.1. The molecule has 0 spiro atoms. The molecule has 0 aliphatic carbocycles. The fraction of sp³-hybridized carbons (Fsp3) is 0.308. The van der Waals surface area contributed by atoms with E-state index < -0.39 is 5.97 Å². The zero-order chi connectivity index (χ0) is 13.2. The third-order valence-corrected chi connectivity index (χ3v) is 4.40. The van der Waals surface area contributed by atoms with Crippen LogP contribution in [0, 0.1) is 0 Å². The molecule has 98 valence electrons. The number of nitrogens with zero attached hydrogens (tertiary/aromatic N) is 2. The van der Waals surface area contributed by atoms with Gasteiger partial charge < -0.3 is 9.63 Å². The highest BCUT2D eigenvalue weighted by atomic mass is 32.2. The van der Waals surface area contributed by atoms with Gasteiger partial charge in [-0.2, -0.15) is 4.98 Å². The second-order valence-corrected chi connectivity index (χ2v) is 5.65. The minimum absolute atomic E-state index is 0.249. The molecule has 0 radical (unpaired) electrons. The van der Waals surface area contributed by atoms with Crippen molar-refractivity contribution in [2.24, 2.45) is 0 Å². The van der Waals surface area contributed by atoms with E-state index in [9.17, 15) is 4.79 Å². The molecule has 2 aromatic rings. The number of thioether (sulfide) groups is 1. The fourth-order valence-electron chi connectivity index (χ4n) is 2.02. The third-order valence-electron chi connectivity index (χ3n) is 3.04. The van der Waals surface area contributed by atoms with E-state index in [0.717, 1.165) is 17.7 Å². The number of rotatable bonds is 3. The summed E-state index contributed by atoms with van der Waals surface area (Å²) in [6.07, 6.45) is 2.25. The van der Waals surface area contributed by atoms with Gasteiger partial charge in [0.05, 0.1) is 10.8 Å². The smallest absolute Gasteiger partial charge is 0.335 e. The third kappa shape index (κ3) is 2.49. The Morgan fingerprint density at radius 1 is 1.37 bits per heavy atom. The maximum Gasteiger partial charge on any atom is 0.335 e. The molecule has 1 aromatic carbocycles. The maximum atomic E-state index is 10.8. The molecule has 6 heteroatoms. The van der Waals surface area contributed by atoms with E-state index in [4.69, 9.17) is 9.63 Å². The van der Waals surface area contributed by atoms with Crippen molar-refractivity contribution >= 4 is 17.7 Å². The first-order chi connectivity index (χ1) is 9.24. The van der Waals surface area contributed by atoms with Crippen molar-refractivity contribution in [2.75, 3.05) is 5.75 Å². The molecule has 2 heterocycles. The summed E-state index contributed by atoms with van der Waals surface area (Å²) in [6, 6.07) is 6.47. The largest absolute Gasteiger partial charge is 0.478 e. The molecule has 1 aliphatic rings. The Balaban J connectivity index is 1.83. The molecule has 3 rings (SSSR count). The number of carboxylic acid groups (broad SMARTS) is 1. The van der Waals surface area contributed by atoms with Crippen LogP contribution in [0.25, 0.3) is 11.4 Å². The Morgan fingerprint density at radius 3 is 2.79 bits per heavy atom. The molecule has 0 bridgehead atoms. The molecule has 1 unspecified atom stereocenters. The number of carboxylic acids is 1. The van der Waals surface area contributed by atoms with Crippen LogP contribution in [0.1, 0.15) is 34.3 Å². The van der Waals surface area contributed by atoms with Crippen molar-refractivity contribution in [1.82, 2.24) is 10.1 Å². The van der Waals surface area contributed by atoms with E-state index in [1.165, 1.54) is 18.6 Å². The summed E-state index contributed by atoms with van der Waals surface area (Å²) in [5.41, 5.74) is 1.02. The van der Waals surface area contributed by atoms with Crippen LogP contribution in [-0.4, -0.2) is 27.0 Å². The minimum atomic E-state index is -0.942. The van der Waals surface area contributed by atoms with Crippen molar-refractivity contribution < 1.29 is 14.4 Å². The lowest BCUT2D eigenvalue weighted by Crippen LogP contribution is -1.95. The average molecular weight is 276 g/mol. The van der Waals surface area contributed by atoms with E-state index in [1.807, 2.05) is 11.8 Å². The topological polar surface area (TPSA) is 76.2 Å². The second kappa shape index (κ2) is 5.05. The van der Waals surface area contributed by atoms with Crippen LogP contribution in [0.15, 0.2) is 28.8 Å². The van der Waals surface area contributed by atoms with Gasteiger partial charge in [-0.3, -0.25) is 0 Å². The Kier molecular flexibility index (Phi) is 3.25. The monoisotopic (exact) mass is 276 g/mol. The van der Waals surface area contributed by atoms with Gasteiger partial charge in [-0.25, -0.2) is 4.79 Å². The standard InChI is InChI=1S/C13H12N2O3S/c16-13(17)9-5-3-8(4-6-9)11-14-12(18-15-11)10-2-1-7-19-10/h3-6,10H,1-2,7H2,(H,16,17). The predicted octanol–water partition coefficient (Wildman–Crippen LogP) is 3.00. The van der Waals surface area contributed by atoms with Gasteiger partial charge in [0.25, 0.3) is 0 Å². The van der Waals surface area contributed by atoms with Gasteiger partial charge in [-0.05, 0) is 30.7 Å². The van der Waals surface area contributed by atoms with Crippen molar-refractivity contribution in [1.29, 1.82) is 0 Å². The van der Waals surface area contributed by atoms with Gasteiger partial charge in [-0.1, -0.05) is 17.3 Å². The fourth-order valence-corrected chi connectivity index (χ4v) is 3.21. The van der Waals surface area contributed by atoms with Crippen LogP contribution < -0.4 is 0 Å². The highest BCUT2D eigenvalue weighted by Gasteiger charge is 2.23. The number of hydrogen-bond acceptors (Lipinski definition) is 5. The summed E-state index contributed by atoms with van der Waals surface area (Å²) in [4.78, 5) is 15.2. The summed E-state index contributed by atoms with van der Waals surface area (Å²) in [6.45, 7) is 0. The molecule has 1 fully saturated rings. The Bertz CT molecular complexity index is 588.